The van der Waals surface area contributed by atoms with Crippen LogP contribution >= 0.6 is 11.6 Å². The van der Waals surface area contributed by atoms with E-state index in [0.29, 0.717) is 0 Å². The summed E-state index contributed by atoms with van der Waals surface area (Å²) in [5.74, 6) is 0. The number of alkyl halides is 1. The molecule has 1 atom stereocenters. The van der Waals surface area contributed by atoms with Crippen molar-refractivity contribution in [2.45, 2.75) is 18.8 Å². The summed E-state index contributed by atoms with van der Waals surface area (Å²) in [6, 6.07) is 12.2. The Kier molecular flexibility index (Phi) is 3.07. The van der Waals surface area contributed by atoms with Crippen LogP contribution in [0.15, 0.2) is 42.6 Å². The fourth-order valence-corrected chi connectivity index (χ4v) is 1.56. The van der Waals surface area contributed by atoms with E-state index in [-0.39, 0.29) is 5.38 Å². The minimum absolute atomic E-state index is 0.0259. The molecule has 2 rings (SSSR count). The highest BCUT2D eigenvalue weighted by atomic mass is 35.5. The molecular weight excluding hydrogens is 208 g/mol. The number of benzene rings is 1. The van der Waals surface area contributed by atoms with Crippen LogP contribution in [-0.4, -0.2) is 9.78 Å². The number of aromatic nitrogens is 2. The highest BCUT2D eigenvalue weighted by molar-refractivity contribution is 6.20. The SMILES string of the molecule is CC(Cl)c1ccn(Cc2ccccc2)n1. The first kappa shape index (κ1) is 10.2. The number of rotatable bonds is 3. The lowest BCUT2D eigenvalue weighted by atomic mass is 10.2. The molecule has 0 N–H and O–H groups in total. The van der Waals surface area contributed by atoms with Gasteiger partial charge in [0.1, 0.15) is 0 Å². The lowest BCUT2D eigenvalue weighted by Crippen LogP contribution is -2.01. The van der Waals surface area contributed by atoms with Crippen molar-refractivity contribution in [3.8, 4) is 0 Å². The van der Waals surface area contributed by atoms with Crippen LogP contribution in [0.3, 0.4) is 0 Å². The molecule has 3 heteroatoms. The molecule has 1 heterocycles. The van der Waals surface area contributed by atoms with E-state index in [0.717, 1.165) is 12.2 Å². The summed E-state index contributed by atoms with van der Waals surface area (Å²) in [6.45, 7) is 2.72. The van der Waals surface area contributed by atoms with Gasteiger partial charge >= 0.3 is 0 Å². The summed E-state index contributed by atoms with van der Waals surface area (Å²) in [7, 11) is 0. The molecule has 0 fully saturated rings. The standard InChI is InChI=1S/C12H13ClN2/c1-10(13)12-7-8-15(14-12)9-11-5-3-2-4-6-11/h2-8,10H,9H2,1H3. The van der Waals surface area contributed by atoms with Crippen molar-refractivity contribution in [3.05, 3.63) is 53.9 Å². The maximum atomic E-state index is 5.94. The highest BCUT2D eigenvalue weighted by Gasteiger charge is 2.04. The predicted octanol–water partition coefficient (Wildman–Crippen LogP) is 3.23. The van der Waals surface area contributed by atoms with Crippen LogP contribution < -0.4 is 0 Å². The second kappa shape index (κ2) is 4.49. The summed E-state index contributed by atoms with van der Waals surface area (Å²) < 4.78 is 1.91. The first-order valence-electron chi connectivity index (χ1n) is 4.97. The molecule has 0 radical (unpaired) electrons. The van der Waals surface area contributed by atoms with Crippen LogP contribution in [-0.2, 0) is 6.54 Å². The summed E-state index contributed by atoms with van der Waals surface area (Å²) in [6.07, 6.45) is 1.96. The quantitative estimate of drug-likeness (QED) is 0.727. The Morgan fingerprint density at radius 2 is 2.00 bits per heavy atom. The lowest BCUT2D eigenvalue weighted by molar-refractivity contribution is 0.671. The maximum absolute atomic E-state index is 5.94. The Bertz CT molecular complexity index is 420. The summed E-state index contributed by atoms with van der Waals surface area (Å²) in [5, 5.41) is 4.36. The minimum atomic E-state index is -0.0259. The molecule has 1 aromatic heterocycles. The van der Waals surface area contributed by atoms with Crippen molar-refractivity contribution in [1.82, 2.24) is 9.78 Å². The second-order valence-electron chi connectivity index (χ2n) is 3.54. The van der Waals surface area contributed by atoms with E-state index in [9.17, 15) is 0 Å². The Morgan fingerprint density at radius 3 is 2.60 bits per heavy atom. The van der Waals surface area contributed by atoms with Crippen LogP contribution in [0, 0.1) is 0 Å². The molecule has 0 aliphatic carbocycles. The molecule has 78 valence electrons. The molecule has 1 unspecified atom stereocenters. The number of nitrogens with zero attached hydrogens (tertiary/aromatic N) is 2. The maximum Gasteiger partial charge on any atom is 0.0800 e. The molecule has 0 spiro atoms. The summed E-state index contributed by atoms with van der Waals surface area (Å²) in [5.41, 5.74) is 2.17. The molecule has 1 aromatic carbocycles. The van der Waals surface area contributed by atoms with Crippen molar-refractivity contribution in [2.24, 2.45) is 0 Å². The van der Waals surface area contributed by atoms with Gasteiger partial charge < -0.3 is 0 Å². The molecule has 2 aromatic rings. The van der Waals surface area contributed by atoms with Gasteiger partial charge in [-0.2, -0.15) is 5.10 Å². The smallest absolute Gasteiger partial charge is 0.0800 e. The van der Waals surface area contributed by atoms with Crippen LogP contribution in [0.2, 0.25) is 0 Å². The first-order chi connectivity index (χ1) is 7.25. The van der Waals surface area contributed by atoms with Crippen LogP contribution in [0.5, 0.6) is 0 Å². The van der Waals surface area contributed by atoms with E-state index in [4.69, 9.17) is 11.6 Å². The van der Waals surface area contributed by atoms with Crippen molar-refractivity contribution in [2.75, 3.05) is 0 Å². The van der Waals surface area contributed by atoms with E-state index in [1.165, 1.54) is 5.56 Å². The van der Waals surface area contributed by atoms with Gasteiger partial charge in [-0.25, -0.2) is 0 Å². The summed E-state index contributed by atoms with van der Waals surface area (Å²) in [4.78, 5) is 0. The molecule has 0 amide bonds. The Hall–Kier alpha value is -1.28. The van der Waals surface area contributed by atoms with Gasteiger partial charge in [-0.1, -0.05) is 30.3 Å². The van der Waals surface area contributed by atoms with Crippen LogP contribution in [0.1, 0.15) is 23.6 Å². The van der Waals surface area contributed by atoms with Gasteiger partial charge in [0, 0.05) is 6.20 Å². The molecule has 2 nitrogen and oxygen atoms in total. The zero-order valence-corrected chi connectivity index (χ0v) is 9.35. The fraction of sp³-hybridized carbons (Fsp3) is 0.250. The predicted molar refractivity (Wildman–Crippen MR) is 62.0 cm³/mol. The minimum Gasteiger partial charge on any atom is -0.268 e. The van der Waals surface area contributed by atoms with Gasteiger partial charge in [-0.3, -0.25) is 4.68 Å². The molecule has 0 aliphatic rings. The third-order valence-electron chi connectivity index (χ3n) is 2.26. The molecule has 0 saturated carbocycles. The van der Waals surface area contributed by atoms with Crippen molar-refractivity contribution in [3.63, 3.8) is 0 Å². The normalized spacial score (nSPS) is 12.7. The average Bonchev–Trinajstić information content (AvgIpc) is 2.68. The summed E-state index contributed by atoms with van der Waals surface area (Å²) >= 11 is 5.94. The molecule has 0 aliphatic heterocycles. The Labute approximate surface area is 94.5 Å². The van der Waals surface area contributed by atoms with Gasteiger partial charge in [-0.05, 0) is 18.6 Å². The van der Waals surface area contributed by atoms with Gasteiger partial charge in [0.25, 0.3) is 0 Å². The number of hydrogen-bond donors (Lipinski definition) is 0. The zero-order valence-electron chi connectivity index (χ0n) is 8.60. The van der Waals surface area contributed by atoms with E-state index in [2.05, 4.69) is 17.2 Å². The van der Waals surface area contributed by atoms with E-state index in [1.807, 2.05) is 42.1 Å². The highest BCUT2D eigenvalue weighted by Crippen LogP contribution is 2.16. The monoisotopic (exact) mass is 220 g/mol. The van der Waals surface area contributed by atoms with E-state index in [1.54, 1.807) is 0 Å². The first-order valence-corrected chi connectivity index (χ1v) is 5.40. The van der Waals surface area contributed by atoms with Crippen molar-refractivity contribution in [1.29, 1.82) is 0 Å². The molecule has 15 heavy (non-hydrogen) atoms. The second-order valence-corrected chi connectivity index (χ2v) is 4.19. The Balaban J connectivity index is 2.12. The van der Waals surface area contributed by atoms with Crippen LogP contribution in [0.4, 0.5) is 0 Å². The molecule has 0 bridgehead atoms. The third kappa shape index (κ3) is 2.60. The van der Waals surface area contributed by atoms with Gasteiger partial charge in [-0.15, -0.1) is 11.6 Å². The van der Waals surface area contributed by atoms with Gasteiger partial charge in [0.2, 0.25) is 0 Å². The fourth-order valence-electron chi connectivity index (χ4n) is 1.45. The Morgan fingerprint density at radius 1 is 1.27 bits per heavy atom. The van der Waals surface area contributed by atoms with Crippen LogP contribution in [0.25, 0.3) is 0 Å². The van der Waals surface area contributed by atoms with E-state index >= 15 is 0 Å². The van der Waals surface area contributed by atoms with Gasteiger partial charge in [0.15, 0.2) is 0 Å². The molecule has 0 saturated heterocycles. The topological polar surface area (TPSA) is 17.8 Å². The average molecular weight is 221 g/mol. The zero-order chi connectivity index (χ0) is 10.7. The lowest BCUT2D eigenvalue weighted by Gasteiger charge is -2.01. The third-order valence-corrected chi connectivity index (χ3v) is 2.48. The number of hydrogen-bond acceptors (Lipinski definition) is 1. The van der Waals surface area contributed by atoms with Gasteiger partial charge in [0.05, 0.1) is 17.6 Å². The van der Waals surface area contributed by atoms with E-state index < -0.39 is 0 Å². The number of halogens is 1. The van der Waals surface area contributed by atoms with Crippen molar-refractivity contribution < 1.29 is 0 Å². The largest absolute Gasteiger partial charge is 0.268 e. The molecular formula is C12H13ClN2. The van der Waals surface area contributed by atoms with Crippen molar-refractivity contribution >= 4 is 11.6 Å².